The standard InChI is InChI=1S/C38H60N2O15.C33H54N2O13.C4H4O3/c1-8-11-18-39(19-14-35(45)51-26-29(5)53-33(43)10-3)20-15-36(46)52-27-31(7)55-38(48)17-22-40(23-24-49-34(44)13-12-28(4)41)21-16-37(47)54-30(6)25-50-32(42)9-2;1-7-10-15-34(16-11-30(39)44-23-25(4)46-29(38)9-3)17-12-31(40)45-24-27(6)48-33(42)14-19-35(20-21-36)18-13-32(41)47-26(5)22-43-28(37)8-2;5-3-1-2-4(6)7-3/h9-10,29-31H,2-3,8,11-27H2,1,4-7H3;8-9,25-27,36H,2-3,7,10-24H2,1,4-6H3;1-2H2. The minimum atomic E-state index is -0.752. The van der Waals surface area contributed by atoms with Crippen LogP contribution in [-0.2, 0) is 143 Å². The highest BCUT2D eigenvalue weighted by Gasteiger charge is 2.23. The Balaban J connectivity index is 0. The lowest BCUT2D eigenvalue weighted by Gasteiger charge is -2.23. The normalized spacial score (nSPS) is 13.0. The summed E-state index contributed by atoms with van der Waals surface area (Å²) < 4.78 is 71.0. The first kappa shape index (κ1) is 103. The average Bonchev–Trinajstić information content (AvgIpc) is 1.14. The van der Waals surface area contributed by atoms with Crippen molar-refractivity contribution >= 4 is 95.3 Å². The number of ketones is 1. The first-order valence-corrected chi connectivity index (χ1v) is 36.7. The fourth-order valence-electron chi connectivity index (χ4n) is 8.79. The number of aliphatic hydroxyl groups is 1. The summed E-state index contributed by atoms with van der Waals surface area (Å²) in [4.78, 5) is 194. The summed E-state index contributed by atoms with van der Waals surface area (Å²) in [6, 6.07) is 0. The van der Waals surface area contributed by atoms with Gasteiger partial charge in [-0.2, -0.15) is 0 Å². The van der Waals surface area contributed by atoms with Gasteiger partial charge < -0.3 is 86.0 Å². The second-order valence-corrected chi connectivity index (χ2v) is 25.1. The maximum absolute atomic E-state index is 12.6. The van der Waals surface area contributed by atoms with Crippen LogP contribution < -0.4 is 0 Å². The zero-order valence-electron chi connectivity index (χ0n) is 65.5. The number of carbonyl (C=O) groups excluding carboxylic acids is 16. The van der Waals surface area contributed by atoms with Gasteiger partial charge in [0, 0.05) is 96.2 Å². The average molecular weight is 1570 g/mol. The molecule has 1 fully saturated rings. The number of rotatable bonds is 60. The Morgan fingerprint density at radius 1 is 0.345 bits per heavy atom. The summed E-state index contributed by atoms with van der Waals surface area (Å²) in [7, 11) is 0. The first-order chi connectivity index (χ1) is 52.2. The van der Waals surface area contributed by atoms with Gasteiger partial charge >= 0.3 is 89.5 Å². The number of ether oxygens (including phenoxy) is 14. The molecule has 0 spiro atoms. The molecule has 1 N–H and O–H groups in total. The molecule has 35 nitrogen and oxygen atoms in total. The Morgan fingerprint density at radius 2 is 0.600 bits per heavy atom. The molecule has 0 saturated carbocycles. The molecule has 0 aromatic rings. The molecular weight excluding hydrogens is 1450 g/mol. The number of esters is 15. The minimum absolute atomic E-state index is 0.00456. The van der Waals surface area contributed by atoms with Gasteiger partial charge in [-0.25, -0.2) is 19.2 Å². The van der Waals surface area contributed by atoms with E-state index in [1.54, 1.807) is 51.3 Å². The monoisotopic (exact) mass is 1570 g/mol. The highest BCUT2D eigenvalue weighted by molar-refractivity contribution is 5.92. The van der Waals surface area contributed by atoms with Crippen molar-refractivity contribution in [1.29, 1.82) is 0 Å². The topological polar surface area (TPSA) is 436 Å². The van der Waals surface area contributed by atoms with Crippen LogP contribution in [0.4, 0.5) is 0 Å². The fourth-order valence-corrected chi connectivity index (χ4v) is 8.79. The highest BCUT2D eigenvalue weighted by atomic mass is 16.6. The van der Waals surface area contributed by atoms with Crippen LogP contribution in [-0.4, -0.2) is 288 Å². The van der Waals surface area contributed by atoms with Crippen molar-refractivity contribution in [3.05, 3.63) is 50.6 Å². The predicted molar refractivity (Wildman–Crippen MR) is 391 cm³/mol. The summed E-state index contributed by atoms with van der Waals surface area (Å²) in [5, 5.41) is 9.35. The van der Waals surface area contributed by atoms with Crippen molar-refractivity contribution in [2.24, 2.45) is 0 Å². The smallest absolute Gasteiger partial charge is 0.330 e. The Bertz CT molecular complexity index is 2870. The molecule has 1 aliphatic heterocycles. The number of nitrogens with zero attached hydrogens (tertiary/aromatic N) is 4. The second-order valence-electron chi connectivity index (χ2n) is 25.1. The second kappa shape index (κ2) is 64.5. The van der Waals surface area contributed by atoms with E-state index >= 15 is 0 Å². The number of hydrogen-bond acceptors (Lipinski definition) is 35. The summed E-state index contributed by atoms with van der Waals surface area (Å²) >= 11 is 0. The van der Waals surface area contributed by atoms with Gasteiger partial charge in [-0.05, 0) is 74.4 Å². The van der Waals surface area contributed by atoms with Gasteiger partial charge in [0.2, 0.25) is 0 Å². The van der Waals surface area contributed by atoms with Crippen LogP contribution >= 0.6 is 0 Å². The highest BCUT2D eigenvalue weighted by Crippen LogP contribution is 2.11. The summed E-state index contributed by atoms with van der Waals surface area (Å²) in [6.07, 6.45) is 4.25. The molecule has 0 bridgehead atoms. The molecule has 0 amide bonds. The third-order valence-electron chi connectivity index (χ3n) is 14.7. The number of cyclic esters (lactones) is 2. The lowest BCUT2D eigenvalue weighted by atomic mass is 10.2. The Labute approximate surface area is 644 Å². The van der Waals surface area contributed by atoms with Gasteiger partial charge in [0.15, 0.2) is 0 Å². The lowest BCUT2D eigenvalue weighted by Crippen LogP contribution is -2.34. The quantitative estimate of drug-likeness (QED) is 0.0385. The molecule has 6 atom stereocenters. The number of hydrogen-bond donors (Lipinski definition) is 1. The molecule has 0 aromatic heterocycles. The number of Topliss-reactive ketones (excluding diaryl/α,β-unsaturated/α-hetero) is 1. The molecule has 110 heavy (non-hydrogen) atoms. The molecule has 1 aliphatic rings. The van der Waals surface area contributed by atoms with Crippen molar-refractivity contribution in [3.8, 4) is 0 Å². The number of unbranched alkanes of at least 4 members (excludes halogenated alkanes) is 2. The maximum Gasteiger partial charge on any atom is 0.330 e. The van der Waals surface area contributed by atoms with E-state index in [0.717, 1.165) is 50.0 Å². The molecule has 0 aliphatic carbocycles. The van der Waals surface area contributed by atoms with E-state index in [4.69, 9.17) is 61.6 Å². The van der Waals surface area contributed by atoms with Crippen molar-refractivity contribution in [1.82, 2.24) is 19.6 Å². The van der Waals surface area contributed by atoms with Gasteiger partial charge in [-0.3, -0.25) is 62.5 Å². The van der Waals surface area contributed by atoms with Crippen LogP contribution in [0.2, 0.25) is 0 Å². The lowest BCUT2D eigenvalue weighted by molar-refractivity contribution is -0.158. The largest absolute Gasteiger partial charge is 0.464 e. The van der Waals surface area contributed by atoms with Crippen molar-refractivity contribution in [3.63, 3.8) is 0 Å². The molecular formula is C75H118N4O31. The van der Waals surface area contributed by atoms with E-state index in [1.165, 1.54) is 6.92 Å². The van der Waals surface area contributed by atoms with Crippen LogP contribution in [0.3, 0.4) is 0 Å². The Hall–Kier alpha value is -9.32. The van der Waals surface area contributed by atoms with E-state index in [9.17, 15) is 81.8 Å². The van der Waals surface area contributed by atoms with E-state index in [1.807, 2.05) is 23.6 Å². The summed E-state index contributed by atoms with van der Waals surface area (Å²) in [5.41, 5.74) is 0. The van der Waals surface area contributed by atoms with Crippen molar-refractivity contribution in [2.75, 3.05) is 131 Å². The minimum Gasteiger partial charge on any atom is -0.464 e. The molecule has 1 heterocycles. The Kier molecular flexibility index (Phi) is 60.2. The van der Waals surface area contributed by atoms with Gasteiger partial charge in [0.1, 0.15) is 88.7 Å². The SMILES string of the molecule is C=CC(=O)OCC(C)OC(=O)CCN(CCO)CCC(=O)OC(C)COC(=O)CCN(CCCC)CCC(=O)OCC(C)OC(=O)C=C.C=CC(=O)OCC(C)OC(=O)CCN(CCOC(=O)CCC(C)=O)CCC(=O)OC(C)COC(=O)CCN(CCCC)CCC(=O)OCC(C)OC(=O)C=C.O=C1CCC(=O)O1. The summed E-state index contributed by atoms with van der Waals surface area (Å²) in [6.45, 7) is 31.1. The zero-order chi connectivity index (χ0) is 83.2. The first-order valence-electron chi connectivity index (χ1n) is 36.7. The molecule has 1 rings (SSSR count). The number of aliphatic hydroxyl groups excluding tert-OH is 1. The van der Waals surface area contributed by atoms with Crippen molar-refractivity contribution < 1.29 is 148 Å². The van der Waals surface area contributed by atoms with Crippen LogP contribution in [0.5, 0.6) is 0 Å². The molecule has 0 aromatic carbocycles. The predicted octanol–water partition coefficient (Wildman–Crippen LogP) is 4.25. The van der Waals surface area contributed by atoms with Gasteiger partial charge in [0.25, 0.3) is 0 Å². The van der Waals surface area contributed by atoms with Crippen molar-refractivity contribution in [2.45, 2.75) is 202 Å². The molecule has 0 radical (unpaired) electrons. The van der Waals surface area contributed by atoms with Crippen LogP contribution in [0.25, 0.3) is 0 Å². The molecule has 35 heteroatoms. The van der Waals surface area contributed by atoms with Crippen LogP contribution in [0.1, 0.15) is 165 Å². The third kappa shape index (κ3) is 61.6. The molecule has 624 valence electrons. The van der Waals surface area contributed by atoms with Gasteiger partial charge in [-0.15, -0.1) is 0 Å². The molecule has 6 unspecified atom stereocenters. The van der Waals surface area contributed by atoms with Gasteiger partial charge in [0.05, 0.1) is 77.2 Å². The Morgan fingerprint density at radius 3 is 0.855 bits per heavy atom. The zero-order valence-corrected chi connectivity index (χ0v) is 65.5. The van der Waals surface area contributed by atoms with E-state index in [0.29, 0.717) is 39.3 Å². The third-order valence-corrected chi connectivity index (χ3v) is 14.7. The van der Waals surface area contributed by atoms with E-state index in [-0.39, 0.29) is 175 Å². The summed E-state index contributed by atoms with van der Waals surface area (Å²) in [5.74, 6) is -8.09. The van der Waals surface area contributed by atoms with E-state index < -0.39 is 126 Å². The van der Waals surface area contributed by atoms with Crippen LogP contribution in [0, 0.1) is 0 Å². The van der Waals surface area contributed by atoms with Crippen LogP contribution in [0.15, 0.2) is 50.6 Å². The number of carbonyl (C=O) groups is 16. The molecule has 1 saturated heterocycles. The van der Waals surface area contributed by atoms with E-state index in [2.05, 4.69) is 31.1 Å². The van der Waals surface area contributed by atoms with Gasteiger partial charge in [-0.1, -0.05) is 53.0 Å². The maximum atomic E-state index is 12.6. The fraction of sp³-hybridized carbons (Fsp3) is 0.680.